The molecule has 0 saturated heterocycles. The maximum Gasteiger partial charge on any atom is 0.311 e. The largest absolute Gasteiger partial charge is 0.469 e. The molecular weight excluding hydrogens is 296 g/mol. The first kappa shape index (κ1) is 17.6. The molecule has 0 fully saturated rings. The summed E-state index contributed by atoms with van der Waals surface area (Å²) in [6.45, 7) is 3.14. The summed E-state index contributed by atoms with van der Waals surface area (Å²) >= 11 is 0. The summed E-state index contributed by atoms with van der Waals surface area (Å²) in [5.74, 6) is -1.29. The lowest BCUT2D eigenvalue weighted by molar-refractivity contribution is -0.148. The van der Waals surface area contributed by atoms with Gasteiger partial charge in [-0.1, -0.05) is 17.7 Å². The van der Waals surface area contributed by atoms with Crippen LogP contribution < -0.4 is 0 Å². The van der Waals surface area contributed by atoms with E-state index in [1.54, 1.807) is 12.1 Å². The van der Waals surface area contributed by atoms with Crippen LogP contribution in [0.15, 0.2) is 29.2 Å². The molecule has 1 aromatic rings. The fraction of sp³-hybridized carbons (Fsp3) is 0.500. The van der Waals surface area contributed by atoms with Gasteiger partial charge < -0.3 is 9.84 Å². The van der Waals surface area contributed by atoms with Crippen LogP contribution in [0.4, 0.5) is 0 Å². The number of hydrogen-bond donors (Lipinski definition) is 1. The van der Waals surface area contributed by atoms with Gasteiger partial charge in [0, 0.05) is 0 Å². The summed E-state index contributed by atoms with van der Waals surface area (Å²) in [5, 5.41) is 9.75. The third-order valence-electron chi connectivity index (χ3n) is 3.11. The number of carbonyl (C=O) groups excluding carboxylic acids is 1. The highest BCUT2D eigenvalue weighted by Gasteiger charge is 2.23. The van der Waals surface area contributed by atoms with Crippen LogP contribution in [0.5, 0.6) is 0 Å². The Kier molecular flexibility index (Phi) is 6.32. The molecule has 0 spiro atoms. The van der Waals surface area contributed by atoms with Crippen molar-refractivity contribution in [2.45, 2.75) is 31.3 Å². The smallest absolute Gasteiger partial charge is 0.311 e. The van der Waals surface area contributed by atoms with Crippen LogP contribution in [0.1, 0.15) is 18.9 Å². The molecule has 0 unspecified atom stereocenters. The summed E-state index contributed by atoms with van der Waals surface area (Å²) < 4.78 is 33.1. The summed E-state index contributed by atoms with van der Waals surface area (Å²) in [6.07, 6.45) is -1.01. The first-order chi connectivity index (χ1) is 9.77. The second kappa shape index (κ2) is 7.53. The number of aliphatic hydroxyl groups excluding tert-OH is 1. The van der Waals surface area contributed by atoms with E-state index >= 15 is 0 Å². The van der Waals surface area contributed by atoms with Crippen molar-refractivity contribution in [3.05, 3.63) is 29.8 Å². The molecule has 7 heteroatoms. The minimum absolute atomic E-state index is 0.0152. The topological polar surface area (TPSA) is 89.9 Å². The zero-order valence-corrected chi connectivity index (χ0v) is 13.1. The monoisotopic (exact) mass is 316 g/mol. The van der Waals surface area contributed by atoms with Crippen LogP contribution in [-0.2, 0) is 23.8 Å². The van der Waals surface area contributed by atoms with E-state index in [1.807, 2.05) is 6.92 Å². The number of rotatable bonds is 7. The highest BCUT2D eigenvalue weighted by atomic mass is 32.2. The van der Waals surface area contributed by atoms with E-state index in [-0.39, 0.29) is 17.9 Å². The minimum Gasteiger partial charge on any atom is -0.469 e. The maximum atomic E-state index is 11.9. The molecule has 0 amide bonds. The lowest BCUT2D eigenvalue weighted by Gasteiger charge is -2.16. The molecule has 0 aliphatic carbocycles. The van der Waals surface area contributed by atoms with Crippen LogP contribution in [0.2, 0.25) is 0 Å². The molecule has 0 aromatic heterocycles. The third kappa shape index (κ3) is 5.11. The Balaban J connectivity index is 2.55. The summed E-state index contributed by atoms with van der Waals surface area (Å²) in [5.41, 5.74) is 0.941. The lowest BCUT2D eigenvalue weighted by atomic mass is 10.0. The fourth-order valence-electron chi connectivity index (χ4n) is 1.64. The van der Waals surface area contributed by atoms with Crippen LogP contribution in [0.3, 0.4) is 0 Å². The Morgan fingerprint density at radius 1 is 1.29 bits per heavy atom. The van der Waals surface area contributed by atoms with Gasteiger partial charge in [-0.15, -0.1) is 0 Å². The van der Waals surface area contributed by atoms with Crippen LogP contribution in [0, 0.1) is 12.8 Å². The Morgan fingerprint density at radius 3 is 2.38 bits per heavy atom. The number of aliphatic hydroxyl groups is 1. The number of hydrogen-bond acceptors (Lipinski definition) is 6. The van der Waals surface area contributed by atoms with Crippen molar-refractivity contribution in [1.29, 1.82) is 0 Å². The lowest BCUT2D eigenvalue weighted by Crippen LogP contribution is -2.28. The molecule has 0 bridgehead atoms. The molecular formula is C14H20O6S. The van der Waals surface area contributed by atoms with E-state index < -0.39 is 28.1 Å². The molecule has 0 aliphatic heterocycles. The van der Waals surface area contributed by atoms with Crippen LogP contribution in [-0.4, -0.2) is 39.3 Å². The van der Waals surface area contributed by atoms with Gasteiger partial charge >= 0.3 is 5.97 Å². The number of ether oxygens (including phenoxy) is 1. The van der Waals surface area contributed by atoms with Crippen molar-refractivity contribution in [1.82, 2.24) is 0 Å². The van der Waals surface area contributed by atoms with E-state index in [0.717, 1.165) is 5.56 Å². The third-order valence-corrected chi connectivity index (χ3v) is 4.44. The highest BCUT2D eigenvalue weighted by molar-refractivity contribution is 7.86. The minimum atomic E-state index is -3.85. The number of benzene rings is 1. The van der Waals surface area contributed by atoms with E-state index in [2.05, 4.69) is 4.74 Å². The van der Waals surface area contributed by atoms with Gasteiger partial charge in [-0.2, -0.15) is 8.42 Å². The molecule has 0 radical (unpaired) electrons. The molecule has 0 heterocycles. The second-order valence-corrected chi connectivity index (χ2v) is 6.37. The molecule has 1 N–H and O–H groups in total. The van der Waals surface area contributed by atoms with Gasteiger partial charge in [-0.3, -0.25) is 8.98 Å². The molecule has 118 valence electrons. The van der Waals surface area contributed by atoms with Crippen LogP contribution >= 0.6 is 0 Å². The Morgan fingerprint density at radius 2 is 1.86 bits per heavy atom. The molecule has 0 saturated carbocycles. The van der Waals surface area contributed by atoms with Gasteiger partial charge in [-0.25, -0.2) is 0 Å². The fourth-order valence-corrected chi connectivity index (χ4v) is 2.57. The van der Waals surface area contributed by atoms with Crippen molar-refractivity contribution in [3.8, 4) is 0 Å². The maximum absolute atomic E-state index is 11.9. The molecule has 2 atom stereocenters. The predicted molar refractivity (Wildman–Crippen MR) is 76.1 cm³/mol. The van der Waals surface area contributed by atoms with Crippen molar-refractivity contribution in [3.63, 3.8) is 0 Å². The first-order valence-corrected chi connectivity index (χ1v) is 7.90. The van der Waals surface area contributed by atoms with Gasteiger partial charge in [0.15, 0.2) is 0 Å². The van der Waals surface area contributed by atoms with Crippen LogP contribution in [0.25, 0.3) is 0 Å². The predicted octanol–water partition coefficient (Wildman–Crippen LogP) is 1.26. The van der Waals surface area contributed by atoms with Gasteiger partial charge in [0.2, 0.25) is 0 Å². The first-order valence-electron chi connectivity index (χ1n) is 6.50. The van der Waals surface area contributed by atoms with Crippen molar-refractivity contribution in [2.24, 2.45) is 5.92 Å². The Hall–Kier alpha value is -1.44. The zero-order valence-electron chi connectivity index (χ0n) is 12.3. The Labute approximate surface area is 124 Å². The number of aryl methyl sites for hydroxylation is 1. The summed E-state index contributed by atoms with van der Waals surface area (Å²) in [6, 6.07) is 6.26. The number of methoxy groups -OCH3 is 1. The van der Waals surface area contributed by atoms with Crippen molar-refractivity contribution < 1.29 is 27.2 Å². The standard InChI is InChI=1S/C14H20O6S/c1-10-4-6-12(7-5-10)21(17,18)20-9-8-13(15)11(2)14(16)19-3/h4-7,11,13,15H,8-9H2,1-3H3/t11-,13+/m0/s1. The van der Waals surface area contributed by atoms with Gasteiger partial charge in [0.1, 0.15) is 0 Å². The average Bonchev–Trinajstić information content (AvgIpc) is 2.45. The van der Waals surface area contributed by atoms with E-state index in [9.17, 15) is 18.3 Å². The Bertz CT molecular complexity index is 564. The summed E-state index contributed by atoms with van der Waals surface area (Å²) in [7, 11) is -2.63. The molecule has 1 rings (SSSR count). The number of carbonyl (C=O) groups is 1. The average molecular weight is 316 g/mol. The molecule has 1 aromatic carbocycles. The van der Waals surface area contributed by atoms with E-state index in [4.69, 9.17) is 4.18 Å². The quantitative estimate of drug-likeness (QED) is 0.601. The zero-order chi connectivity index (χ0) is 16.0. The second-order valence-electron chi connectivity index (χ2n) is 4.76. The molecule has 21 heavy (non-hydrogen) atoms. The van der Waals surface area contributed by atoms with Gasteiger partial charge in [-0.05, 0) is 32.4 Å². The van der Waals surface area contributed by atoms with E-state index in [1.165, 1.54) is 26.2 Å². The SMILES string of the molecule is COC(=O)[C@@H](C)[C@H](O)CCOS(=O)(=O)c1ccc(C)cc1. The number of esters is 1. The van der Waals surface area contributed by atoms with Gasteiger partial charge in [0.05, 0.1) is 30.6 Å². The molecule has 0 aliphatic rings. The van der Waals surface area contributed by atoms with Crippen molar-refractivity contribution >= 4 is 16.1 Å². The van der Waals surface area contributed by atoms with E-state index in [0.29, 0.717) is 0 Å². The molecule has 6 nitrogen and oxygen atoms in total. The van der Waals surface area contributed by atoms with Gasteiger partial charge in [0.25, 0.3) is 10.1 Å². The van der Waals surface area contributed by atoms with Crippen molar-refractivity contribution in [2.75, 3.05) is 13.7 Å². The normalized spacial score (nSPS) is 14.5. The summed E-state index contributed by atoms with van der Waals surface area (Å²) in [4.78, 5) is 11.3. The highest BCUT2D eigenvalue weighted by Crippen LogP contribution is 2.15.